The summed E-state index contributed by atoms with van der Waals surface area (Å²) in [6.07, 6.45) is 8.83. The molecule has 120 valence electrons. The Bertz CT molecular complexity index is 468. The number of hydrogen-bond donors (Lipinski definition) is 1. The van der Waals surface area contributed by atoms with Crippen molar-refractivity contribution in [1.82, 2.24) is 5.32 Å². The topological polar surface area (TPSA) is 30.5 Å². The lowest BCUT2D eigenvalue weighted by Gasteiger charge is -2.33. The molecule has 22 heavy (non-hydrogen) atoms. The average Bonchev–Trinajstić information content (AvgIpc) is 2.96. The fraction of sp³-hybridized carbons (Fsp3) is 0.579. The lowest BCUT2D eigenvalue weighted by atomic mass is 9.94. The van der Waals surface area contributed by atoms with Gasteiger partial charge in [0.05, 0.1) is 12.7 Å². The molecule has 1 heterocycles. The number of benzene rings is 1. The summed E-state index contributed by atoms with van der Waals surface area (Å²) >= 11 is 0. The van der Waals surface area contributed by atoms with Gasteiger partial charge in [-0.25, -0.2) is 0 Å². The van der Waals surface area contributed by atoms with Crippen molar-refractivity contribution in [3.8, 4) is 0 Å². The molecule has 2 aliphatic rings. The molecule has 3 nitrogen and oxygen atoms in total. The van der Waals surface area contributed by atoms with Crippen molar-refractivity contribution in [1.29, 1.82) is 0 Å². The van der Waals surface area contributed by atoms with E-state index < -0.39 is 0 Å². The minimum Gasteiger partial charge on any atom is -0.347 e. The molecule has 0 amide bonds. The third-order valence-electron chi connectivity index (χ3n) is 4.77. The van der Waals surface area contributed by atoms with Gasteiger partial charge in [-0.05, 0) is 24.8 Å². The molecule has 0 radical (unpaired) electrons. The highest BCUT2D eigenvalue weighted by Crippen LogP contribution is 2.38. The first-order valence-corrected chi connectivity index (χ1v) is 8.51. The van der Waals surface area contributed by atoms with Crippen LogP contribution >= 0.6 is 0 Å². The van der Waals surface area contributed by atoms with Crippen molar-refractivity contribution < 1.29 is 9.47 Å². The van der Waals surface area contributed by atoms with Gasteiger partial charge in [0.25, 0.3) is 0 Å². The van der Waals surface area contributed by atoms with Gasteiger partial charge in [0.15, 0.2) is 5.79 Å². The minimum atomic E-state index is -0.295. The SMILES string of the molecule is C=CC[C@@H](NCc1ccccc1)[C@H]1COC2(CCCCC2)O1. The van der Waals surface area contributed by atoms with E-state index in [1.165, 1.54) is 24.8 Å². The van der Waals surface area contributed by atoms with Gasteiger partial charge in [-0.1, -0.05) is 42.8 Å². The molecule has 3 heteroatoms. The van der Waals surface area contributed by atoms with Gasteiger partial charge in [-0.2, -0.15) is 0 Å². The summed E-state index contributed by atoms with van der Waals surface area (Å²) in [5.74, 6) is -0.295. The number of nitrogens with one attached hydrogen (secondary N) is 1. The highest BCUT2D eigenvalue weighted by molar-refractivity contribution is 5.14. The number of ether oxygens (including phenoxy) is 2. The standard InChI is InChI=1S/C19H27NO2/c1-2-9-17(20-14-16-10-5-3-6-11-16)18-15-21-19(22-18)12-7-4-8-13-19/h2-3,5-6,10-11,17-18,20H,1,4,7-9,12-15H2/t17-,18-/m1/s1. The minimum absolute atomic E-state index is 0.125. The molecule has 1 spiro atoms. The lowest BCUT2D eigenvalue weighted by Crippen LogP contribution is -2.42. The summed E-state index contributed by atoms with van der Waals surface area (Å²) in [7, 11) is 0. The maximum atomic E-state index is 6.36. The largest absolute Gasteiger partial charge is 0.347 e. The van der Waals surface area contributed by atoms with E-state index in [0.717, 1.165) is 25.8 Å². The van der Waals surface area contributed by atoms with E-state index in [2.05, 4.69) is 36.2 Å². The fourth-order valence-electron chi connectivity index (χ4n) is 3.52. The van der Waals surface area contributed by atoms with Gasteiger partial charge < -0.3 is 14.8 Å². The maximum absolute atomic E-state index is 6.36. The predicted octanol–water partition coefficient (Wildman–Crippen LogP) is 3.80. The van der Waals surface area contributed by atoms with Gasteiger partial charge in [-0.3, -0.25) is 0 Å². The van der Waals surface area contributed by atoms with E-state index in [1.54, 1.807) is 0 Å². The van der Waals surface area contributed by atoms with Gasteiger partial charge in [-0.15, -0.1) is 6.58 Å². The first-order chi connectivity index (χ1) is 10.8. The molecule has 1 aromatic rings. The van der Waals surface area contributed by atoms with Crippen molar-refractivity contribution >= 4 is 0 Å². The number of rotatable bonds is 6. The molecule has 1 saturated heterocycles. The Labute approximate surface area is 133 Å². The Morgan fingerprint density at radius 3 is 2.73 bits per heavy atom. The molecule has 0 aromatic heterocycles. The highest BCUT2D eigenvalue weighted by Gasteiger charge is 2.44. The van der Waals surface area contributed by atoms with E-state index >= 15 is 0 Å². The molecule has 0 bridgehead atoms. The molecule has 2 atom stereocenters. The van der Waals surface area contributed by atoms with Crippen LogP contribution in [0, 0.1) is 0 Å². The number of hydrogen-bond acceptors (Lipinski definition) is 3. The van der Waals surface area contributed by atoms with Crippen molar-refractivity contribution in [2.75, 3.05) is 6.61 Å². The van der Waals surface area contributed by atoms with Crippen LogP contribution < -0.4 is 5.32 Å². The van der Waals surface area contributed by atoms with Crippen molar-refractivity contribution in [2.24, 2.45) is 0 Å². The summed E-state index contributed by atoms with van der Waals surface area (Å²) < 4.78 is 12.4. The van der Waals surface area contributed by atoms with E-state index in [0.29, 0.717) is 6.61 Å². The smallest absolute Gasteiger partial charge is 0.168 e. The quantitative estimate of drug-likeness (QED) is 0.811. The molecule has 2 fully saturated rings. The Morgan fingerprint density at radius 2 is 2.00 bits per heavy atom. The van der Waals surface area contributed by atoms with Crippen LogP contribution in [0.4, 0.5) is 0 Å². The molecule has 1 saturated carbocycles. The Hall–Kier alpha value is -1.16. The Morgan fingerprint density at radius 1 is 1.23 bits per heavy atom. The second-order valence-electron chi connectivity index (χ2n) is 6.44. The summed E-state index contributed by atoms with van der Waals surface area (Å²) in [5.41, 5.74) is 1.29. The van der Waals surface area contributed by atoms with E-state index in [9.17, 15) is 0 Å². The summed E-state index contributed by atoms with van der Waals surface area (Å²) in [6.45, 7) is 5.44. The van der Waals surface area contributed by atoms with Crippen LogP contribution in [0.25, 0.3) is 0 Å². The molecular weight excluding hydrogens is 274 g/mol. The molecule has 0 unspecified atom stereocenters. The predicted molar refractivity (Wildman–Crippen MR) is 88.5 cm³/mol. The van der Waals surface area contributed by atoms with E-state index in [-0.39, 0.29) is 17.9 Å². The Balaban J connectivity index is 1.58. The summed E-state index contributed by atoms with van der Waals surface area (Å²) in [6, 6.07) is 10.8. The van der Waals surface area contributed by atoms with Gasteiger partial charge >= 0.3 is 0 Å². The van der Waals surface area contributed by atoms with E-state index in [4.69, 9.17) is 9.47 Å². The zero-order valence-corrected chi connectivity index (χ0v) is 13.3. The summed E-state index contributed by atoms with van der Waals surface area (Å²) in [4.78, 5) is 0. The van der Waals surface area contributed by atoms with Crippen LogP contribution in [-0.2, 0) is 16.0 Å². The first kappa shape index (κ1) is 15.7. The molecule has 1 aliphatic heterocycles. The second kappa shape index (κ2) is 7.40. The van der Waals surface area contributed by atoms with Crippen LogP contribution in [0.3, 0.4) is 0 Å². The molecule has 1 N–H and O–H groups in total. The molecular formula is C19H27NO2. The van der Waals surface area contributed by atoms with Crippen molar-refractivity contribution in [3.63, 3.8) is 0 Å². The van der Waals surface area contributed by atoms with Crippen LogP contribution in [0.5, 0.6) is 0 Å². The molecule has 3 rings (SSSR count). The fourth-order valence-corrected chi connectivity index (χ4v) is 3.52. The lowest BCUT2D eigenvalue weighted by molar-refractivity contribution is -0.189. The van der Waals surface area contributed by atoms with Crippen molar-refractivity contribution in [2.45, 2.75) is 63.0 Å². The van der Waals surface area contributed by atoms with Crippen molar-refractivity contribution in [3.05, 3.63) is 48.6 Å². The average molecular weight is 301 g/mol. The third kappa shape index (κ3) is 3.78. The maximum Gasteiger partial charge on any atom is 0.168 e. The zero-order valence-electron chi connectivity index (χ0n) is 13.3. The molecule has 1 aromatic carbocycles. The van der Waals surface area contributed by atoms with Gasteiger partial charge in [0.2, 0.25) is 0 Å². The summed E-state index contributed by atoms with van der Waals surface area (Å²) in [5, 5.41) is 3.62. The van der Waals surface area contributed by atoms with Crippen LogP contribution in [-0.4, -0.2) is 24.5 Å². The molecule has 1 aliphatic carbocycles. The van der Waals surface area contributed by atoms with Crippen LogP contribution in [0.2, 0.25) is 0 Å². The van der Waals surface area contributed by atoms with Crippen LogP contribution in [0.15, 0.2) is 43.0 Å². The first-order valence-electron chi connectivity index (χ1n) is 8.51. The van der Waals surface area contributed by atoms with Gasteiger partial charge in [0, 0.05) is 25.4 Å². The van der Waals surface area contributed by atoms with Gasteiger partial charge in [0.1, 0.15) is 0 Å². The zero-order chi connectivity index (χ0) is 15.3. The normalized spacial score (nSPS) is 25.2. The van der Waals surface area contributed by atoms with Crippen LogP contribution in [0.1, 0.15) is 44.1 Å². The second-order valence-corrected chi connectivity index (χ2v) is 6.44. The Kier molecular flexibility index (Phi) is 5.29. The monoisotopic (exact) mass is 301 g/mol. The highest BCUT2D eigenvalue weighted by atomic mass is 16.7. The van der Waals surface area contributed by atoms with E-state index in [1.807, 2.05) is 12.1 Å². The third-order valence-corrected chi connectivity index (χ3v) is 4.77.